The lowest BCUT2D eigenvalue weighted by Crippen LogP contribution is -2.32. The third-order valence-electron chi connectivity index (χ3n) is 3.06. The first-order valence-corrected chi connectivity index (χ1v) is 10.4. The molecule has 2 aromatic rings. The van der Waals surface area contributed by atoms with Crippen molar-refractivity contribution in [1.29, 1.82) is 0 Å². The third kappa shape index (κ3) is 6.13. The first-order chi connectivity index (χ1) is 12.7. The summed E-state index contributed by atoms with van der Waals surface area (Å²) in [6, 6.07) is 7.38. The Morgan fingerprint density at radius 2 is 1.96 bits per heavy atom. The van der Waals surface area contributed by atoms with Gasteiger partial charge in [-0.25, -0.2) is 8.42 Å². The number of thiophene rings is 1. The van der Waals surface area contributed by atoms with E-state index in [9.17, 15) is 22.8 Å². The number of hydrogen-bond donors (Lipinski definition) is 3. The number of halogens is 1. The molecule has 0 saturated carbocycles. The van der Waals surface area contributed by atoms with Gasteiger partial charge in [-0.05, 0) is 29.6 Å². The van der Waals surface area contributed by atoms with Crippen molar-refractivity contribution in [2.24, 2.45) is 5.73 Å². The maximum absolute atomic E-state index is 12.1. The third-order valence-corrected chi connectivity index (χ3v) is 5.78. The second-order valence-electron chi connectivity index (χ2n) is 5.02. The number of anilines is 1. The molecule has 0 radical (unpaired) electrons. The van der Waals surface area contributed by atoms with E-state index in [4.69, 9.17) is 10.5 Å². The van der Waals surface area contributed by atoms with Crippen molar-refractivity contribution in [3.63, 3.8) is 0 Å². The molecule has 0 unspecified atom stereocenters. The molecule has 4 N–H and O–H groups in total. The Hall–Kier alpha value is -2.28. The number of amides is 2. The summed E-state index contributed by atoms with van der Waals surface area (Å²) in [7, 11) is -3.90. The van der Waals surface area contributed by atoms with Crippen LogP contribution in [0, 0.1) is 0 Å². The number of benzene rings is 1. The SMILES string of the molecule is NC(=O)c1ccsc1NC(=O)COC(=O)CNS(=O)(=O)c1cccc(Br)c1. The van der Waals surface area contributed by atoms with Gasteiger partial charge in [-0.15, -0.1) is 11.3 Å². The molecule has 1 aromatic carbocycles. The highest BCUT2D eigenvalue weighted by atomic mass is 79.9. The zero-order valence-electron chi connectivity index (χ0n) is 13.6. The molecule has 12 heteroatoms. The summed E-state index contributed by atoms with van der Waals surface area (Å²) in [4.78, 5) is 34.6. The Morgan fingerprint density at radius 1 is 1.22 bits per heavy atom. The smallest absolute Gasteiger partial charge is 0.321 e. The summed E-state index contributed by atoms with van der Waals surface area (Å²) in [6.45, 7) is -1.29. The molecule has 1 heterocycles. The molecule has 1 aromatic heterocycles. The van der Waals surface area contributed by atoms with Crippen molar-refractivity contribution in [2.45, 2.75) is 4.90 Å². The van der Waals surface area contributed by atoms with Crippen LogP contribution in [0.25, 0.3) is 0 Å². The van der Waals surface area contributed by atoms with E-state index in [1.165, 1.54) is 24.3 Å². The van der Waals surface area contributed by atoms with Gasteiger partial charge in [0.2, 0.25) is 10.0 Å². The summed E-state index contributed by atoms with van der Waals surface area (Å²) in [5.41, 5.74) is 5.30. The maximum atomic E-state index is 12.1. The number of hydrogen-bond acceptors (Lipinski definition) is 7. The Bertz CT molecular complexity index is 973. The molecular formula is C15H14BrN3O6S2. The Labute approximate surface area is 167 Å². The van der Waals surface area contributed by atoms with Crippen molar-refractivity contribution >= 4 is 60.1 Å². The molecule has 2 amide bonds. The van der Waals surface area contributed by atoms with Gasteiger partial charge in [-0.2, -0.15) is 4.72 Å². The second kappa shape index (κ2) is 9.08. The Morgan fingerprint density at radius 3 is 2.63 bits per heavy atom. The number of sulfonamides is 1. The normalized spacial score (nSPS) is 11.0. The number of esters is 1. The van der Waals surface area contributed by atoms with Crippen LogP contribution < -0.4 is 15.8 Å². The summed E-state index contributed by atoms with van der Waals surface area (Å²) in [6.07, 6.45) is 0. The zero-order chi connectivity index (χ0) is 20.0. The summed E-state index contributed by atoms with van der Waals surface area (Å²) < 4.78 is 31.5. The molecule has 2 rings (SSSR count). The minimum atomic E-state index is -3.90. The number of nitrogens with one attached hydrogen (secondary N) is 2. The number of primary amides is 1. The summed E-state index contributed by atoms with van der Waals surface area (Å²) in [5, 5.41) is 4.19. The van der Waals surface area contributed by atoms with Gasteiger partial charge in [0, 0.05) is 4.47 Å². The van der Waals surface area contributed by atoms with E-state index < -0.39 is 41.0 Å². The highest BCUT2D eigenvalue weighted by molar-refractivity contribution is 9.10. The van der Waals surface area contributed by atoms with Crippen LogP contribution in [0.4, 0.5) is 5.00 Å². The van der Waals surface area contributed by atoms with Gasteiger partial charge in [0.15, 0.2) is 6.61 Å². The van der Waals surface area contributed by atoms with Gasteiger partial charge in [-0.3, -0.25) is 14.4 Å². The second-order valence-corrected chi connectivity index (χ2v) is 8.62. The van der Waals surface area contributed by atoms with E-state index in [-0.39, 0.29) is 15.5 Å². The molecular weight excluding hydrogens is 462 g/mol. The van der Waals surface area contributed by atoms with Crippen molar-refractivity contribution in [3.05, 3.63) is 45.7 Å². The predicted molar refractivity (Wildman–Crippen MR) is 102 cm³/mol. The molecule has 0 bridgehead atoms. The summed E-state index contributed by atoms with van der Waals surface area (Å²) >= 11 is 4.24. The topological polar surface area (TPSA) is 145 Å². The maximum Gasteiger partial charge on any atom is 0.321 e. The minimum Gasteiger partial charge on any atom is -0.455 e. The number of ether oxygens (including phenoxy) is 1. The van der Waals surface area contributed by atoms with E-state index in [0.717, 1.165) is 11.3 Å². The van der Waals surface area contributed by atoms with E-state index in [1.54, 1.807) is 11.4 Å². The number of carbonyl (C=O) groups excluding carboxylic acids is 3. The fourth-order valence-electron chi connectivity index (χ4n) is 1.83. The van der Waals surface area contributed by atoms with Crippen molar-refractivity contribution in [1.82, 2.24) is 4.72 Å². The van der Waals surface area contributed by atoms with Crippen molar-refractivity contribution in [3.8, 4) is 0 Å². The van der Waals surface area contributed by atoms with Crippen LogP contribution in [0.1, 0.15) is 10.4 Å². The summed E-state index contributed by atoms with van der Waals surface area (Å²) in [5.74, 6) is -2.33. The fourth-order valence-corrected chi connectivity index (χ4v) is 4.21. The van der Waals surface area contributed by atoms with Crippen LogP contribution >= 0.6 is 27.3 Å². The number of rotatable bonds is 8. The largest absolute Gasteiger partial charge is 0.455 e. The first kappa shape index (κ1) is 21.0. The lowest BCUT2D eigenvalue weighted by molar-refractivity contribution is -0.146. The molecule has 9 nitrogen and oxygen atoms in total. The Balaban J connectivity index is 1.83. The van der Waals surface area contributed by atoms with E-state index >= 15 is 0 Å². The molecule has 0 aliphatic carbocycles. The lowest BCUT2D eigenvalue weighted by atomic mass is 10.3. The quantitative estimate of drug-likeness (QED) is 0.486. The van der Waals surface area contributed by atoms with E-state index in [0.29, 0.717) is 4.47 Å². The van der Waals surface area contributed by atoms with Crippen molar-refractivity contribution < 1.29 is 27.5 Å². The van der Waals surface area contributed by atoms with Gasteiger partial charge < -0.3 is 15.8 Å². The van der Waals surface area contributed by atoms with Gasteiger partial charge >= 0.3 is 5.97 Å². The molecule has 0 aliphatic heterocycles. The van der Waals surface area contributed by atoms with Gasteiger partial charge in [0.05, 0.1) is 10.5 Å². The fraction of sp³-hybridized carbons (Fsp3) is 0.133. The van der Waals surface area contributed by atoms with Gasteiger partial charge in [-0.1, -0.05) is 22.0 Å². The van der Waals surface area contributed by atoms with Gasteiger partial charge in [0.1, 0.15) is 11.5 Å². The molecule has 0 saturated heterocycles. The van der Waals surface area contributed by atoms with Crippen LogP contribution in [0.5, 0.6) is 0 Å². The molecule has 144 valence electrons. The number of nitrogens with two attached hydrogens (primary N) is 1. The average Bonchev–Trinajstić information content (AvgIpc) is 3.06. The van der Waals surface area contributed by atoms with Crippen LogP contribution in [0.2, 0.25) is 0 Å². The monoisotopic (exact) mass is 475 g/mol. The van der Waals surface area contributed by atoms with Crippen molar-refractivity contribution in [2.75, 3.05) is 18.5 Å². The zero-order valence-corrected chi connectivity index (χ0v) is 16.8. The molecule has 0 spiro atoms. The number of carbonyl (C=O) groups is 3. The van der Waals surface area contributed by atoms with Crippen LogP contribution in [0.3, 0.4) is 0 Å². The molecule has 0 fully saturated rings. The lowest BCUT2D eigenvalue weighted by Gasteiger charge is -2.08. The molecule has 0 aliphatic rings. The molecule has 0 atom stereocenters. The standard InChI is InChI=1S/C15H14BrN3O6S2/c16-9-2-1-3-10(6-9)27(23,24)18-7-13(21)25-8-12(20)19-15-11(14(17)22)4-5-26-15/h1-6,18H,7-8H2,(H2,17,22)(H,19,20). The first-order valence-electron chi connectivity index (χ1n) is 7.27. The van der Waals surface area contributed by atoms with Crippen LogP contribution in [-0.4, -0.2) is 39.4 Å². The van der Waals surface area contributed by atoms with Crippen LogP contribution in [0.15, 0.2) is 45.1 Å². The average molecular weight is 476 g/mol. The van der Waals surface area contributed by atoms with E-state index in [1.807, 2.05) is 0 Å². The van der Waals surface area contributed by atoms with Crippen LogP contribution in [-0.2, 0) is 24.3 Å². The minimum absolute atomic E-state index is 0.0286. The molecule has 27 heavy (non-hydrogen) atoms. The highest BCUT2D eigenvalue weighted by Crippen LogP contribution is 2.22. The van der Waals surface area contributed by atoms with E-state index in [2.05, 4.69) is 26.0 Å². The highest BCUT2D eigenvalue weighted by Gasteiger charge is 2.18. The van der Waals surface area contributed by atoms with Gasteiger partial charge in [0.25, 0.3) is 11.8 Å². The Kier molecular flexibility index (Phi) is 7.07. The predicted octanol–water partition coefficient (Wildman–Crippen LogP) is 1.07.